The number of rotatable bonds is 13. The van der Waals surface area contributed by atoms with E-state index in [-0.39, 0.29) is 19.0 Å². The number of fused-ring (bicyclic) bond motifs is 1. The maximum Gasteiger partial charge on any atom is 0.332 e. The molecule has 3 aromatic heterocycles. The van der Waals surface area contributed by atoms with E-state index in [1.54, 1.807) is 73.7 Å². The van der Waals surface area contributed by atoms with Crippen molar-refractivity contribution in [2.75, 3.05) is 42.6 Å². The van der Waals surface area contributed by atoms with Gasteiger partial charge in [-0.25, -0.2) is 18.2 Å². The fourth-order valence-electron chi connectivity index (χ4n) is 4.23. The van der Waals surface area contributed by atoms with E-state index in [1.807, 2.05) is 13.2 Å². The van der Waals surface area contributed by atoms with Crippen molar-refractivity contribution in [3.05, 3.63) is 42.9 Å². The zero-order chi connectivity index (χ0) is 30.5. The topological polar surface area (TPSA) is 165 Å². The molecule has 3 N–H and O–H groups in total. The van der Waals surface area contributed by atoms with Gasteiger partial charge in [0.05, 0.1) is 49.2 Å². The van der Waals surface area contributed by atoms with Gasteiger partial charge in [0.25, 0.3) is 0 Å². The number of nitrogen functional groups attached to an aromatic ring is 1. The molecule has 0 aliphatic carbocycles. The van der Waals surface area contributed by atoms with Gasteiger partial charge in [0, 0.05) is 41.8 Å². The Morgan fingerprint density at radius 2 is 1.76 bits per heavy atom. The van der Waals surface area contributed by atoms with E-state index >= 15 is 0 Å². The number of aryl methyl sites for hydroxylation is 1. The summed E-state index contributed by atoms with van der Waals surface area (Å²) in [5, 5.41) is 9.86. The van der Waals surface area contributed by atoms with Crippen molar-refractivity contribution in [1.29, 1.82) is 0 Å². The summed E-state index contributed by atoms with van der Waals surface area (Å²) in [7, 11) is -1.54. The number of benzene rings is 1. The lowest BCUT2D eigenvalue weighted by Gasteiger charge is -2.19. The van der Waals surface area contributed by atoms with E-state index in [0.29, 0.717) is 42.3 Å². The minimum absolute atomic E-state index is 0.0133. The molecule has 3 heterocycles. The van der Waals surface area contributed by atoms with Gasteiger partial charge in [0.15, 0.2) is 0 Å². The highest BCUT2D eigenvalue weighted by Crippen LogP contribution is 2.36. The van der Waals surface area contributed by atoms with Crippen LogP contribution in [0.3, 0.4) is 0 Å². The lowest BCUT2D eigenvalue weighted by Crippen LogP contribution is -2.27. The Labute approximate surface area is 245 Å². The molecule has 0 saturated carbocycles. The molecule has 1 aromatic carbocycles. The van der Waals surface area contributed by atoms with Crippen LogP contribution in [0.15, 0.2) is 42.9 Å². The number of esters is 1. The van der Waals surface area contributed by atoms with Crippen LogP contribution in [0, 0.1) is 0 Å². The molecule has 0 atom stereocenters. The highest BCUT2D eigenvalue weighted by molar-refractivity contribution is 7.92. The van der Waals surface area contributed by atoms with E-state index in [0.717, 1.165) is 22.2 Å². The number of aromatic nitrogens is 5. The van der Waals surface area contributed by atoms with Gasteiger partial charge in [-0.15, -0.1) is 0 Å². The van der Waals surface area contributed by atoms with Gasteiger partial charge in [-0.1, -0.05) is 12.1 Å². The Balaban J connectivity index is 1.40. The molecule has 0 aliphatic rings. The summed E-state index contributed by atoms with van der Waals surface area (Å²) in [6, 6.07) is 6.97. The third-order valence-corrected chi connectivity index (χ3v) is 7.43. The summed E-state index contributed by atoms with van der Waals surface area (Å²) in [6.07, 6.45) is 5.35. The quantitative estimate of drug-likeness (QED) is 0.172. The Morgan fingerprint density at radius 3 is 2.45 bits per heavy atom. The van der Waals surface area contributed by atoms with Gasteiger partial charge in [-0.3, -0.25) is 14.1 Å². The van der Waals surface area contributed by atoms with Crippen LogP contribution in [0.1, 0.15) is 27.7 Å². The van der Waals surface area contributed by atoms with Gasteiger partial charge < -0.3 is 19.9 Å². The van der Waals surface area contributed by atoms with Crippen molar-refractivity contribution in [2.24, 2.45) is 7.05 Å². The molecular weight excluding hydrogens is 562 g/mol. The SMILES string of the molecule is CCS(=O)(=O)Nc1ccc(-c2nn(C)c3c(-c4cnn(CCOCCOCC(=O)OC(C)(C)C)c4)cnc(N)c23)cc1. The minimum atomic E-state index is -3.38. The Morgan fingerprint density at radius 1 is 1.05 bits per heavy atom. The van der Waals surface area contributed by atoms with E-state index in [2.05, 4.69) is 14.8 Å². The molecule has 0 saturated heterocycles. The number of sulfonamides is 1. The normalized spacial score (nSPS) is 12.1. The van der Waals surface area contributed by atoms with E-state index < -0.39 is 21.6 Å². The van der Waals surface area contributed by atoms with E-state index in [9.17, 15) is 13.2 Å². The van der Waals surface area contributed by atoms with Crippen molar-refractivity contribution in [1.82, 2.24) is 24.5 Å². The number of nitrogens with two attached hydrogens (primary N) is 1. The highest BCUT2D eigenvalue weighted by Gasteiger charge is 2.20. The van der Waals surface area contributed by atoms with Gasteiger partial charge in [-0.05, 0) is 39.8 Å². The zero-order valence-corrected chi connectivity index (χ0v) is 25.3. The lowest BCUT2D eigenvalue weighted by atomic mass is 10.0. The summed E-state index contributed by atoms with van der Waals surface area (Å²) in [4.78, 5) is 16.1. The molecule has 0 aliphatic heterocycles. The summed E-state index contributed by atoms with van der Waals surface area (Å²) in [5.74, 6) is -0.0866. The third kappa shape index (κ3) is 7.84. The molecule has 0 radical (unpaired) electrons. The second kappa shape index (κ2) is 12.9. The highest BCUT2D eigenvalue weighted by atomic mass is 32.2. The van der Waals surface area contributed by atoms with Crippen molar-refractivity contribution in [3.8, 4) is 22.4 Å². The summed E-state index contributed by atoms with van der Waals surface area (Å²) in [5.41, 5.74) is 10.1. The number of carbonyl (C=O) groups excluding carboxylic acids is 1. The van der Waals surface area contributed by atoms with Crippen LogP contribution in [0.25, 0.3) is 33.3 Å². The maximum absolute atomic E-state index is 11.9. The van der Waals surface area contributed by atoms with Crippen LogP contribution in [0.5, 0.6) is 0 Å². The molecule has 0 spiro atoms. The first-order valence-electron chi connectivity index (χ1n) is 13.5. The van der Waals surface area contributed by atoms with E-state index in [1.165, 1.54) is 0 Å². The molecule has 13 nitrogen and oxygen atoms in total. The second-order valence-corrected chi connectivity index (χ2v) is 12.6. The number of anilines is 2. The van der Waals surface area contributed by atoms with Gasteiger partial charge >= 0.3 is 5.97 Å². The maximum atomic E-state index is 11.9. The first-order valence-corrected chi connectivity index (χ1v) is 15.1. The Hall–Kier alpha value is -4.01. The van der Waals surface area contributed by atoms with E-state index in [4.69, 9.17) is 25.0 Å². The van der Waals surface area contributed by atoms with Crippen molar-refractivity contribution in [2.45, 2.75) is 39.8 Å². The first-order chi connectivity index (χ1) is 19.9. The molecule has 14 heteroatoms. The molecule has 4 rings (SSSR count). The number of pyridine rings is 1. The minimum Gasteiger partial charge on any atom is -0.458 e. The number of nitrogens with zero attached hydrogens (tertiary/aromatic N) is 5. The van der Waals surface area contributed by atoms with Crippen LogP contribution in [-0.4, -0.2) is 76.7 Å². The molecule has 226 valence electrons. The molecule has 0 unspecified atom stereocenters. The Kier molecular flexibility index (Phi) is 9.49. The Bertz CT molecular complexity index is 1640. The standard InChI is InChI=1S/C28H37N7O6S/c1-6-42(37,38)33-21-9-7-19(8-10-21)25-24-26(34(5)32-25)22(16-30-27(24)29)20-15-31-35(17-20)11-12-39-13-14-40-18-23(36)41-28(2,3)4/h7-10,15-17,33H,6,11-14,18H2,1-5H3,(H2,29,30). The summed E-state index contributed by atoms with van der Waals surface area (Å²) < 4.78 is 46.0. The molecule has 0 amide bonds. The molecule has 42 heavy (non-hydrogen) atoms. The molecule has 0 bridgehead atoms. The van der Waals surface area contributed by atoms with Crippen molar-refractivity contribution in [3.63, 3.8) is 0 Å². The summed E-state index contributed by atoms with van der Waals surface area (Å²) in [6.45, 7) is 8.42. The van der Waals surface area contributed by atoms with Gasteiger partial charge in [-0.2, -0.15) is 10.2 Å². The first kappa shape index (κ1) is 30.9. The van der Waals surface area contributed by atoms with Crippen molar-refractivity contribution < 1.29 is 27.4 Å². The number of carbonyl (C=O) groups is 1. The second-order valence-electron chi connectivity index (χ2n) is 10.6. The fraction of sp³-hybridized carbons (Fsp3) is 0.429. The van der Waals surface area contributed by atoms with Crippen LogP contribution >= 0.6 is 0 Å². The number of ether oxygens (including phenoxy) is 3. The van der Waals surface area contributed by atoms with Gasteiger partial charge in [0.2, 0.25) is 10.0 Å². The van der Waals surface area contributed by atoms with Crippen LogP contribution in [0.4, 0.5) is 11.5 Å². The number of hydrogen-bond acceptors (Lipinski definition) is 10. The van der Waals surface area contributed by atoms with Crippen LogP contribution < -0.4 is 10.5 Å². The zero-order valence-electron chi connectivity index (χ0n) is 24.5. The molecular formula is C28H37N7O6S. The average molecular weight is 600 g/mol. The largest absolute Gasteiger partial charge is 0.458 e. The predicted molar refractivity (Wildman–Crippen MR) is 160 cm³/mol. The van der Waals surface area contributed by atoms with Crippen molar-refractivity contribution >= 4 is 38.4 Å². The monoisotopic (exact) mass is 599 g/mol. The van der Waals surface area contributed by atoms with Crippen LogP contribution in [0.2, 0.25) is 0 Å². The number of hydrogen-bond donors (Lipinski definition) is 2. The van der Waals surface area contributed by atoms with Crippen LogP contribution in [-0.2, 0) is 42.6 Å². The fourth-order valence-corrected chi connectivity index (χ4v) is 4.87. The summed E-state index contributed by atoms with van der Waals surface area (Å²) >= 11 is 0. The third-order valence-electron chi connectivity index (χ3n) is 6.12. The predicted octanol–water partition coefficient (Wildman–Crippen LogP) is 3.22. The lowest BCUT2D eigenvalue weighted by molar-refractivity contribution is -0.160. The number of nitrogens with one attached hydrogen (secondary N) is 1. The average Bonchev–Trinajstić information content (AvgIpc) is 3.53. The molecule has 4 aromatic rings. The van der Waals surface area contributed by atoms with Gasteiger partial charge in [0.1, 0.15) is 23.7 Å². The molecule has 0 fully saturated rings. The smallest absolute Gasteiger partial charge is 0.332 e.